The maximum absolute atomic E-state index is 4.33. The lowest BCUT2D eigenvalue weighted by Crippen LogP contribution is -2.17. The Hall–Kier alpha value is -1.33. The number of nitrogens with one attached hydrogen (secondary N) is 1. The summed E-state index contributed by atoms with van der Waals surface area (Å²) in [7, 11) is 0. The van der Waals surface area contributed by atoms with Crippen molar-refractivity contribution in [2.24, 2.45) is 0 Å². The molecular weight excluding hydrogens is 274 g/mol. The number of halogens is 1. The molecule has 0 amide bonds. The van der Waals surface area contributed by atoms with Crippen LogP contribution in [-0.4, -0.2) is 19.6 Å². The van der Waals surface area contributed by atoms with Crippen LogP contribution in [0.15, 0.2) is 24.7 Å². The molecule has 0 spiro atoms. The van der Waals surface area contributed by atoms with Gasteiger partial charge in [0.2, 0.25) is 0 Å². The molecule has 0 saturated carbocycles. The van der Waals surface area contributed by atoms with Crippen LogP contribution in [0.3, 0.4) is 0 Å². The van der Waals surface area contributed by atoms with E-state index >= 15 is 0 Å². The Labute approximate surface area is 126 Å². The Morgan fingerprint density at radius 3 is 2.75 bits per heavy atom. The average molecular weight is 298 g/mol. The molecule has 6 heteroatoms. The topological polar surface area (TPSA) is 47.7 Å². The summed E-state index contributed by atoms with van der Waals surface area (Å²) in [4.78, 5) is 0. The second-order valence-electron chi connectivity index (χ2n) is 5.08. The van der Waals surface area contributed by atoms with Crippen LogP contribution < -0.4 is 5.32 Å². The van der Waals surface area contributed by atoms with E-state index in [1.165, 1.54) is 11.3 Å². The lowest BCUT2D eigenvalue weighted by molar-refractivity contribution is 0.495. The summed E-state index contributed by atoms with van der Waals surface area (Å²) in [5.74, 6) is 0. The van der Waals surface area contributed by atoms with Gasteiger partial charge >= 0.3 is 0 Å². The molecule has 2 rings (SSSR count). The lowest BCUT2D eigenvalue weighted by Gasteiger charge is -2.11. The molecule has 0 saturated heterocycles. The van der Waals surface area contributed by atoms with Crippen molar-refractivity contribution < 1.29 is 0 Å². The fourth-order valence-electron chi connectivity index (χ4n) is 2.13. The van der Waals surface area contributed by atoms with Crippen LogP contribution in [0.1, 0.15) is 44.5 Å². The van der Waals surface area contributed by atoms with Crippen molar-refractivity contribution >= 4 is 12.4 Å². The van der Waals surface area contributed by atoms with Gasteiger partial charge in [0.25, 0.3) is 0 Å². The van der Waals surface area contributed by atoms with Crippen molar-refractivity contribution in [1.82, 2.24) is 24.9 Å². The predicted octanol–water partition coefficient (Wildman–Crippen LogP) is 2.78. The highest BCUT2D eigenvalue weighted by Gasteiger charge is 2.05. The minimum absolute atomic E-state index is 0. The largest absolute Gasteiger partial charge is 0.307 e. The monoisotopic (exact) mass is 297 g/mol. The maximum atomic E-state index is 4.33. The van der Waals surface area contributed by atoms with Crippen LogP contribution in [0, 0.1) is 0 Å². The van der Waals surface area contributed by atoms with Crippen LogP contribution in [0.4, 0.5) is 0 Å². The molecule has 0 aliphatic heterocycles. The second-order valence-corrected chi connectivity index (χ2v) is 5.08. The summed E-state index contributed by atoms with van der Waals surface area (Å²) in [5, 5.41) is 12.1. The number of aryl methyl sites for hydroxylation is 1. The van der Waals surface area contributed by atoms with Gasteiger partial charge < -0.3 is 5.32 Å². The summed E-state index contributed by atoms with van der Waals surface area (Å²) in [6.07, 6.45) is 7.01. The first-order valence-electron chi connectivity index (χ1n) is 6.95. The first-order valence-corrected chi connectivity index (χ1v) is 6.95. The minimum Gasteiger partial charge on any atom is -0.307 e. The molecular formula is C14H24ClN5. The summed E-state index contributed by atoms with van der Waals surface area (Å²) in [6, 6.07) is 2.46. The van der Waals surface area contributed by atoms with Gasteiger partial charge in [0.15, 0.2) is 0 Å². The van der Waals surface area contributed by atoms with Gasteiger partial charge in [0, 0.05) is 43.6 Å². The van der Waals surface area contributed by atoms with E-state index < -0.39 is 0 Å². The molecule has 1 N–H and O–H groups in total. The highest BCUT2D eigenvalue weighted by molar-refractivity contribution is 5.85. The zero-order chi connectivity index (χ0) is 13.7. The van der Waals surface area contributed by atoms with Gasteiger partial charge in [0.1, 0.15) is 0 Å². The standard InChI is InChI=1S/C14H23N5.ClH/c1-4-7-18-11-13(9-17-18)8-15-10-14-5-6-16-19(14)12(2)3;/h5-6,9,11-12,15H,4,7-8,10H2,1-3H3;1H. The molecule has 0 aromatic carbocycles. The molecule has 2 aromatic rings. The fourth-order valence-corrected chi connectivity index (χ4v) is 2.13. The van der Waals surface area contributed by atoms with Gasteiger partial charge in [-0.25, -0.2) is 0 Å². The third-order valence-electron chi connectivity index (χ3n) is 3.02. The van der Waals surface area contributed by atoms with Gasteiger partial charge in [-0.15, -0.1) is 12.4 Å². The Morgan fingerprint density at radius 2 is 2.05 bits per heavy atom. The fraction of sp³-hybridized carbons (Fsp3) is 0.571. The van der Waals surface area contributed by atoms with E-state index in [1.807, 2.05) is 21.8 Å². The van der Waals surface area contributed by atoms with Crippen molar-refractivity contribution in [1.29, 1.82) is 0 Å². The molecule has 2 heterocycles. The summed E-state index contributed by atoms with van der Waals surface area (Å²) >= 11 is 0. The summed E-state index contributed by atoms with van der Waals surface area (Å²) in [5.41, 5.74) is 2.44. The maximum Gasteiger partial charge on any atom is 0.0534 e. The van der Waals surface area contributed by atoms with Crippen molar-refractivity contribution in [3.8, 4) is 0 Å². The van der Waals surface area contributed by atoms with E-state index in [4.69, 9.17) is 0 Å². The van der Waals surface area contributed by atoms with E-state index in [1.54, 1.807) is 0 Å². The molecule has 2 aromatic heterocycles. The Kier molecular flexibility index (Phi) is 6.75. The zero-order valence-electron chi connectivity index (χ0n) is 12.4. The quantitative estimate of drug-likeness (QED) is 0.855. The van der Waals surface area contributed by atoms with Crippen LogP contribution >= 0.6 is 12.4 Å². The predicted molar refractivity (Wildman–Crippen MR) is 82.9 cm³/mol. The molecule has 0 fully saturated rings. The third kappa shape index (κ3) is 4.35. The minimum atomic E-state index is 0. The number of hydrogen-bond donors (Lipinski definition) is 1. The first-order chi connectivity index (χ1) is 9.20. The van der Waals surface area contributed by atoms with Gasteiger partial charge in [-0.2, -0.15) is 10.2 Å². The molecule has 0 radical (unpaired) electrons. The van der Waals surface area contributed by atoms with Crippen molar-refractivity contribution in [3.63, 3.8) is 0 Å². The Balaban J connectivity index is 0.00000200. The van der Waals surface area contributed by atoms with E-state index in [0.717, 1.165) is 26.1 Å². The first kappa shape index (κ1) is 16.7. The zero-order valence-corrected chi connectivity index (χ0v) is 13.2. The number of rotatable bonds is 7. The molecule has 0 aliphatic rings. The number of hydrogen-bond acceptors (Lipinski definition) is 3. The molecule has 5 nitrogen and oxygen atoms in total. The van der Waals surface area contributed by atoms with E-state index in [9.17, 15) is 0 Å². The second kappa shape index (κ2) is 8.07. The van der Waals surface area contributed by atoms with Gasteiger partial charge in [-0.05, 0) is 26.3 Å². The van der Waals surface area contributed by atoms with Crippen molar-refractivity contribution in [2.45, 2.75) is 52.9 Å². The summed E-state index contributed by atoms with van der Waals surface area (Å²) < 4.78 is 4.04. The molecule has 0 atom stereocenters. The molecule has 112 valence electrons. The van der Waals surface area contributed by atoms with Crippen LogP contribution in [0.2, 0.25) is 0 Å². The molecule has 20 heavy (non-hydrogen) atoms. The van der Waals surface area contributed by atoms with E-state index in [-0.39, 0.29) is 12.4 Å². The average Bonchev–Trinajstić information content (AvgIpc) is 2.99. The van der Waals surface area contributed by atoms with E-state index in [2.05, 4.69) is 48.5 Å². The van der Waals surface area contributed by atoms with Gasteiger partial charge in [0.05, 0.1) is 11.9 Å². The SMILES string of the molecule is CCCn1cc(CNCc2ccnn2C(C)C)cn1.Cl. The van der Waals surface area contributed by atoms with Crippen LogP contribution in [-0.2, 0) is 19.6 Å². The summed E-state index contributed by atoms with van der Waals surface area (Å²) in [6.45, 7) is 9.10. The van der Waals surface area contributed by atoms with Gasteiger partial charge in [-0.3, -0.25) is 9.36 Å². The highest BCUT2D eigenvalue weighted by Crippen LogP contribution is 2.08. The van der Waals surface area contributed by atoms with Gasteiger partial charge in [-0.1, -0.05) is 6.92 Å². The smallest absolute Gasteiger partial charge is 0.0534 e. The number of nitrogens with zero attached hydrogens (tertiary/aromatic N) is 4. The van der Waals surface area contributed by atoms with Crippen LogP contribution in [0.25, 0.3) is 0 Å². The van der Waals surface area contributed by atoms with Crippen LogP contribution in [0.5, 0.6) is 0 Å². The molecule has 0 unspecified atom stereocenters. The van der Waals surface area contributed by atoms with Crippen molar-refractivity contribution in [3.05, 3.63) is 35.9 Å². The molecule has 0 bridgehead atoms. The third-order valence-corrected chi connectivity index (χ3v) is 3.02. The van der Waals surface area contributed by atoms with E-state index in [0.29, 0.717) is 6.04 Å². The van der Waals surface area contributed by atoms with Crippen molar-refractivity contribution in [2.75, 3.05) is 0 Å². The number of aromatic nitrogens is 4. The highest BCUT2D eigenvalue weighted by atomic mass is 35.5. The lowest BCUT2D eigenvalue weighted by atomic mass is 10.3. The Morgan fingerprint density at radius 1 is 1.25 bits per heavy atom. The Bertz CT molecular complexity index is 503. The normalized spacial score (nSPS) is 10.8. The molecule has 0 aliphatic carbocycles.